The van der Waals surface area contributed by atoms with Gasteiger partial charge in [0.05, 0.1) is 17.3 Å². The van der Waals surface area contributed by atoms with Crippen LogP contribution in [0.3, 0.4) is 0 Å². The summed E-state index contributed by atoms with van der Waals surface area (Å²) < 4.78 is 6.19. The van der Waals surface area contributed by atoms with E-state index >= 15 is 4.79 Å². The van der Waals surface area contributed by atoms with Crippen LogP contribution in [0, 0.1) is 56.2 Å². The molecule has 316 valence electrons. The van der Waals surface area contributed by atoms with E-state index in [1.165, 1.54) is 11.1 Å². The number of allylic oxidation sites excluding steroid dienone is 1. The quantitative estimate of drug-likeness (QED) is 0.216. The smallest absolute Gasteiger partial charge is 0.309 e. The van der Waals surface area contributed by atoms with Gasteiger partial charge in [0, 0.05) is 48.5 Å². The fourth-order valence-electron chi connectivity index (χ4n) is 15.0. The first kappa shape index (κ1) is 41.3. The van der Waals surface area contributed by atoms with Crippen LogP contribution in [0.2, 0.25) is 0 Å². The van der Waals surface area contributed by atoms with Gasteiger partial charge in [-0.1, -0.05) is 72.2 Å². The van der Waals surface area contributed by atoms with E-state index in [-0.39, 0.29) is 75.7 Å². The van der Waals surface area contributed by atoms with Gasteiger partial charge in [0.2, 0.25) is 5.91 Å². The number of Topliss-reactive ketones (excluding diaryl/α,β-unsaturated/α-hetero) is 1. The van der Waals surface area contributed by atoms with Gasteiger partial charge in [-0.2, -0.15) is 0 Å². The molecule has 3 unspecified atom stereocenters. The molecule has 58 heavy (non-hydrogen) atoms. The third kappa shape index (κ3) is 5.84. The van der Waals surface area contributed by atoms with Gasteiger partial charge in [-0.25, -0.2) is 0 Å². The van der Waals surface area contributed by atoms with Crippen molar-refractivity contribution in [2.75, 3.05) is 13.1 Å². The van der Waals surface area contributed by atoms with Crippen molar-refractivity contribution in [2.45, 2.75) is 158 Å². The molecule has 2 saturated heterocycles. The fraction of sp³-hybridized carbons (Fsp3) is 0.735. The van der Waals surface area contributed by atoms with Crippen LogP contribution in [-0.2, 0) is 23.9 Å². The summed E-state index contributed by atoms with van der Waals surface area (Å²) >= 11 is 0. The molecule has 9 nitrogen and oxygen atoms in total. The molecule has 0 radical (unpaired) electrons. The molecule has 1 aromatic rings. The van der Waals surface area contributed by atoms with Crippen LogP contribution < -0.4 is 0 Å². The lowest BCUT2D eigenvalue weighted by atomic mass is 9.34. The number of piperazine rings is 1. The first-order chi connectivity index (χ1) is 27.1. The molecule has 0 spiro atoms. The van der Waals surface area contributed by atoms with Gasteiger partial charge in [0.25, 0.3) is 5.91 Å². The van der Waals surface area contributed by atoms with Gasteiger partial charge in [0.1, 0.15) is 11.9 Å². The molecule has 0 aromatic heterocycles. The summed E-state index contributed by atoms with van der Waals surface area (Å²) in [6, 6.07) is 9.38. The van der Waals surface area contributed by atoms with E-state index in [1.54, 1.807) is 13.8 Å². The summed E-state index contributed by atoms with van der Waals surface area (Å²) in [4.78, 5) is 72.6. The van der Waals surface area contributed by atoms with Crippen molar-refractivity contribution in [3.63, 3.8) is 0 Å². The molecule has 2 aliphatic heterocycles. The maximum absolute atomic E-state index is 15.5. The zero-order valence-electron chi connectivity index (χ0n) is 36.6. The maximum atomic E-state index is 15.5. The third-order valence-electron chi connectivity index (χ3n) is 18.2. The Balaban J connectivity index is 1.09. The van der Waals surface area contributed by atoms with E-state index in [0.29, 0.717) is 43.3 Å². The van der Waals surface area contributed by atoms with Crippen LogP contribution in [0.15, 0.2) is 41.5 Å². The molecule has 2 bridgehead atoms. The lowest BCUT2D eigenvalue weighted by molar-refractivity contribution is -0.214. The number of esters is 1. The van der Waals surface area contributed by atoms with Crippen molar-refractivity contribution in [1.29, 1.82) is 0 Å². The van der Waals surface area contributed by atoms with Gasteiger partial charge >= 0.3 is 11.9 Å². The molecular formula is C49H68N2O7. The van der Waals surface area contributed by atoms with Gasteiger partial charge in [-0.15, -0.1) is 0 Å². The van der Waals surface area contributed by atoms with Crippen LogP contribution in [0.25, 0.3) is 0 Å². The molecule has 1 N–H and O–H groups in total. The highest BCUT2D eigenvalue weighted by Gasteiger charge is 2.70. The largest absolute Gasteiger partial charge is 0.481 e. The van der Waals surface area contributed by atoms with Gasteiger partial charge < -0.3 is 19.6 Å². The number of carbonyl (C=O) groups is 5. The van der Waals surface area contributed by atoms with E-state index in [9.17, 15) is 24.3 Å². The van der Waals surface area contributed by atoms with Crippen molar-refractivity contribution >= 4 is 29.5 Å². The summed E-state index contributed by atoms with van der Waals surface area (Å²) in [6.07, 6.45) is 8.87. The number of aliphatic carboxylic acids is 1. The minimum absolute atomic E-state index is 0.0162. The van der Waals surface area contributed by atoms with Crippen molar-refractivity contribution in [3.05, 3.63) is 47.0 Å². The van der Waals surface area contributed by atoms with Crippen LogP contribution in [0.5, 0.6) is 0 Å². The van der Waals surface area contributed by atoms with Crippen molar-refractivity contribution in [1.82, 2.24) is 9.80 Å². The highest BCUT2D eigenvalue weighted by Crippen LogP contribution is 2.76. The normalized spacial score (nSPS) is 39.1. The SMILES string of the molecule is CC(C)C1C(=O)C[C@]2(C(=O)N3C4CCC3CN(C(=O)c3ccccc3)C4)CC[C@]3(C)C(=C12)CC[C@@H]1[C@@]2(C)CC[C@H](OC(=O)CC(C)(C)C(=O)O)C(C)(C)[C@@H]2CC[C@]13C. The zero-order chi connectivity index (χ0) is 42.0. The summed E-state index contributed by atoms with van der Waals surface area (Å²) in [5, 5.41) is 9.65. The predicted octanol–water partition coefficient (Wildman–Crippen LogP) is 8.90. The minimum Gasteiger partial charge on any atom is -0.481 e. The second-order valence-electron chi connectivity index (χ2n) is 22.2. The number of hydrogen-bond donors (Lipinski definition) is 1. The van der Waals surface area contributed by atoms with Crippen molar-refractivity contribution in [3.8, 4) is 0 Å². The highest BCUT2D eigenvalue weighted by molar-refractivity contribution is 6.01. The molecule has 5 aliphatic carbocycles. The topological polar surface area (TPSA) is 121 Å². The molecule has 9 heteroatoms. The number of nitrogens with zero attached hydrogens (tertiary/aromatic N) is 2. The second kappa shape index (κ2) is 13.8. The lowest BCUT2D eigenvalue weighted by Crippen LogP contribution is -2.65. The summed E-state index contributed by atoms with van der Waals surface area (Å²) in [6.45, 7) is 20.6. The molecule has 6 fully saturated rings. The van der Waals surface area contributed by atoms with Gasteiger partial charge in [-0.3, -0.25) is 24.0 Å². The van der Waals surface area contributed by atoms with Crippen LogP contribution >= 0.6 is 0 Å². The number of carbonyl (C=O) groups excluding carboxylic acids is 4. The number of ketones is 1. The Labute approximate surface area is 346 Å². The molecule has 8 rings (SSSR count). The zero-order valence-corrected chi connectivity index (χ0v) is 36.6. The summed E-state index contributed by atoms with van der Waals surface area (Å²) in [7, 11) is 0. The predicted molar refractivity (Wildman–Crippen MR) is 221 cm³/mol. The summed E-state index contributed by atoms with van der Waals surface area (Å²) in [5.41, 5.74) is 0.833. The highest BCUT2D eigenvalue weighted by atomic mass is 16.5. The maximum Gasteiger partial charge on any atom is 0.309 e. The number of likely N-dealkylation sites (tertiary alicyclic amines) is 1. The molecule has 2 amide bonds. The molecule has 1 aromatic carbocycles. The fourth-order valence-corrected chi connectivity index (χ4v) is 15.0. The molecule has 4 saturated carbocycles. The van der Waals surface area contributed by atoms with E-state index in [4.69, 9.17) is 4.74 Å². The lowest BCUT2D eigenvalue weighted by Gasteiger charge is -2.70. The van der Waals surface area contributed by atoms with Crippen LogP contribution in [0.1, 0.15) is 150 Å². The Morgan fingerprint density at radius 3 is 2.14 bits per heavy atom. The minimum atomic E-state index is -1.18. The van der Waals surface area contributed by atoms with E-state index in [1.807, 2.05) is 35.2 Å². The molecule has 7 aliphatic rings. The molecular weight excluding hydrogens is 729 g/mol. The Morgan fingerprint density at radius 2 is 1.52 bits per heavy atom. The number of hydrogen-bond acceptors (Lipinski definition) is 6. The number of carboxylic acid groups (broad SMARTS) is 1. The Bertz CT molecular complexity index is 1920. The van der Waals surface area contributed by atoms with Gasteiger partial charge in [0.15, 0.2) is 0 Å². The number of benzene rings is 1. The van der Waals surface area contributed by atoms with E-state index in [2.05, 4.69) is 53.4 Å². The van der Waals surface area contributed by atoms with Crippen LogP contribution in [0.4, 0.5) is 0 Å². The average Bonchev–Trinajstić information content (AvgIpc) is 3.61. The third-order valence-corrected chi connectivity index (χ3v) is 18.2. The van der Waals surface area contributed by atoms with E-state index in [0.717, 1.165) is 57.8 Å². The van der Waals surface area contributed by atoms with Crippen molar-refractivity contribution < 1.29 is 33.8 Å². The van der Waals surface area contributed by atoms with Gasteiger partial charge in [-0.05, 0) is 130 Å². The number of amides is 2. The van der Waals surface area contributed by atoms with E-state index < -0.39 is 22.8 Å². The molecule has 10 atom stereocenters. The first-order valence-corrected chi connectivity index (χ1v) is 22.5. The molecule has 2 heterocycles. The number of ether oxygens (including phenoxy) is 1. The number of fused-ring (bicyclic) bond motifs is 8. The number of carboxylic acids is 1. The Morgan fingerprint density at radius 1 is 0.862 bits per heavy atom. The average molecular weight is 797 g/mol. The van der Waals surface area contributed by atoms with Crippen molar-refractivity contribution in [2.24, 2.45) is 56.2 Å². The Hall–Kier alpha value is -3.49. The van der Waals surface area contributed by atoms with Crippen LogP contribution in [-0.4, -0.2) is 75.7 Å². The monoisotopic (exact) mass is 797 g/mol. The Kier molecular flexibility index (Phi) is 9.79. The standard InChI is InChI=1S/C49H68N2O7/c1-29(2)39-34(52)25-49(42(55)51-31-15-16-32(51)28-50(27-31)41(54)30-13-11-10-12-14-30)24-23-47(8)33(40(39)49)17-18-36-46(7)21-20-37(58-38(53)26-44(3,4)43(56)57)45(5,6)35(46)19-22-48(36,47)9/h10-14,29,31-32,35-37,39H,15-28H2,1-9H3,(H,56,57)/t31?,32?,35-,36+,37-,39?,46-,47+,48+,49+/m0/s1. The number of rotatable bonds is 7. The first-order valence-electron chi connectivity index (χ1n) is 22.5. The second-order valence-corrected chi connectivity index (χ2v) is 22.2. The summed E-state index contributed by atoms with van der Waals surface area (Å²) in [5.74, 6) is -0.417.